The summed E-state index contributed by atoms with van der Waals surface area (Å²) < 4.78 is 79.5. The van der Waals surface area contributed by atoms with Crippen molar-refractivity contribution in [2.45, 2.75) is 31.3 Å². The maximum Gasteiger partial charge on any atom is 0.416 e. The normalized spacial score (nSPS) is 15.2. The van der Waals surface area contributed by atoms with E-state index in [-0.39, 0.29) is 17.9 Å². The first kappa shape index (κ1) is 27.6. The minimum atomic E-state index is -4.65. The van der Waals surface area contributed by atoms with Gasteiger partial charge in [-0.1, -0.05) is 0 Å². The maximum atomic E-state index is 12.6. The third-order valence-corrected chi connectivity index (χ3v) is 4.94. The SMILES string of the molecule is CN1CCC(Oc2ccc(C(F)(F)F)cc2[N+](=O)[O-])CC1.O=[N+]([O-])c1cc(C(F)(F)F)ccc1O. The van der Waals surface area contributed by atoms with Crippen LogP contribution in [0.4, 0.5) is 37.7 Å². The van der Waals surface area contributed by atoms with Gasteiger partial charge >= 0.3 is 23.7 Å². The summed E-state index contributed by atoms with van der Waals surface area (Å²) in [6.45, 7) is 1.58. The van der Waals surface area contributed by atoms with Gasteiger partial charge in [0.05, 0.1) is 21.0 Å². The molecule has 0 bridgehead atoms. The summed E-state index contributed by atoms with van der Waals surface area (Å²) in [6, 6.07) is 3.85. The molecule has 1 aliphatic heterocycles. The Morgan fingerprint density at radius 3 is 1.80 bits per heavy atom. The Kier molecular flexibility index (Phi) is 8.49. The van der Waals surface area contributed by atoms with Crippen LogP contribution in [0.5, 0.6) is 11.5 Å². The summed E-state index contributed by atoms with van der Waals surface area (Å²) in [5.74, 6) is -0.898. The number of halogens is 6. The highest BCUT2D eigenvalue weighted by molar-refractivity contribution is 5.49. The van der Waals surface area contributed by atoms with Crippen molar-refractivity contribution in [1.29, 1.82) is 0 Å². The number of benzene rings is 2. The van der Waals surface area contributed by atoms with Gasteiger partial charge in [-0.2, -0.15) is 26.3 Å². The van der Waals surface area contributed by atoms with Crippen LogP contribution in [0.15, 0.2) is 36.4 Å². The predicted molar refractivity (Wildman–Crippen MR) is 109 cm³/mol. The van der Waals surface area contributed by atoms with E-state index >= 15 is 0 Å². The van der Waals surface area contributed by atoms with Crippen molar-refractivity contribution >= 4 is 11.4 Å². The number of nitro benzene ring substituents is 2. The lowest BCUT2D eigenvalue weighted by Crippen LogP contribution is -2.35. The van der Waals surface area contributed by atoms with Crippen LogP contribution in [-0.4, -0.2) is 46.1 Å². The Balaban J connectivity index is 0.000000269. The van der Waals surface area contributed by atoms with Crippen molar-refractivity contribution in [3.8, 4) is 11.5 Å². The molecule has 0 saturated carbocycles. The van der Waals surface area contributed by atoms with E-state index in [9.17, 15) is 46.6 Å². The number of hydrogen-bond acceptors (Lipinski definition) is 7. The van der Waals surface area contributed by atoms with Crippen LogP contribution >= 0.6 is 0 Å². The monoisotopic (exact) mass is 511 g/mol. The van der Waals surface area contributed by atoms with Gasteiger partial charge in [0.25, 0.3) is 0 Å². The highest BCUT2D eigenvalue weighted by atomic mass is 19.4. The first-order valence-electron chi connectivity index (χ1n) is 9.85. The molecule has 0 aromatic heterocycles. The quantitative estimate of drug-likeness (QED) is 0.331. The zero-order chi connectivity index (χ0) is 26.6. The number of aromatic hydroxyl groups is 1. The molecular formula is C20H19F6N3O6. The van der Waals surface area contributed by atoms with Crippen molar-refractivity contribution in [3.05, 3.63) is 67.8 Å². The molecule has 0 atom stereocenters. The van der Waals surface area contributed by atoms with E-state index < -0.39 is 50.5 Å². The van der Waals surface area contributed by atoms with E-state index in [0.717, 1.165) is 25.2 Å². The lowest BCUT2D eigenvalue weighted by molar-refractivity contribution is -0.386. The standard InChI is InChI=1S/C13H15F3N2O3.C7H4F3NO3/c1-17-6-4-10(5-7-17)21-12-3-2-9(13(14,15)16)8-11(12)18(19)20;8-7(9,10)4-1-2-6(12)5(3-4)11(13)14/h2-3,8,10H,4-7H2,1H3;1-3,12H. The number of rotatable bonds is 4. The van der Waals surface area contributed by atoms with Gasteiger partial charge in [-0.05, 0) is 44.2 Å². The van der Waals surface area contributed by atoms with Gasteiger partial charge in [0.15, 0.2) is 11.5 Å². The molecule has 0 unspecified atom stereocenters. The molecule has 35 heavy (non-hydrogen) atoms. The average Bonchev–Trinajstić information content (AvgIpc) is 2.74. The van der Waals surface area contributed by atoms with Crippen LogP contribution in [0, 0.1) is 20.2 Å². The molecule has 1 N–H and O–H groups in total. The molecule has 192 valence electrons. The zero-order valence-electron chi connectivity index (χ0n) is 18.0. The Morgan fingerprint density at radius 2 is 1.34 bits per heavy atom. The first-order valence-corrected chi connectivity index (χ1v) is 9.85. The zero-order valence-corrected chi connectivity index (χ0v) is 18.0. The molecule has 2 aromatic carbocycles. The Labute approximate surface area is 193 Å². The number of phenolic OH excluding ortho intramolecular Hbond substituents is 1. The number of piperidine rings is 1. The fraction of sp³-hybridized carbons (Fsp3) is 0.400. The second kappa shape index (κ2) is 10.8. The summed E-state index contributed by atoms with van der Waals surface area (Å²) in [6.07, 6.45) is -8.10. The van der Waals surface area contributed by atoms with E-state index in [2.05, 4.69) is 4.90 Å². The van der Waals surface area contributed by atoms with Crippen molar-refractivity contribution in [1.82, 2.24) is 4.90 Å². The van der Waals surface area contributed by atoms with Crippen molar-refractivity contribution < 1.29 is 46.0 Å². The highest BCUT2D eigenvalue weighted by Crippen LogP contribution is 2.37. The molecule has 15 heteroatoms. The van der Waals surface area contributed by atoms with Crippen LogP contribution in [0.25, 0.3) is 0 Å². The van der Waals surface area contributed by atoms with E-state index in [4.69, 9.17) is 9.84 Å². The van der Waals surface area contributed by atoms with Gasteiger partial charge in [-0.3, -0.25) is 20.2 Å². The van der Waals surface area contributed by atoms with Crippen LogP contribution in [0.2, 0.25) is 0 Å². The fourth-order valence-electron chi connectivity index (χ4n) is 3.06. The molecular weight excluding hydrogens is 492 g/mol. The summed E-state index contributed by atoms with van der Waals surface area (Å²) in [5, 5.41) is 30.0. The summed E-state index contributed by atoms with van der Waals surface area (Å²) in [5.41, 5.74) is -3.82. The predicted octanol–water partition coefficient (Wildman–Crippen LogP) is 5.41. The van der Waals surface area contributed by atoms with Crippen LogP contribution in [0.1, 0.15) is 24.0 Å². The number of nitro groups is 2. The second-order valence-electron chi connectivity index (χ2n) is 7.52. The van der Waals surface area contributed by atoms with Gasteiger partial charge in [-0.15, -0.1) is 0 Å². The van der Waals surface area contributed by atoms with Crippen LogP contribution < -0.4 is 4.74 Å². The lowest BCUT2D eigenvalue weighted by Gasteiger charge is -2.29. The second-order valence-corrected chi connectivity index (χ2v) is 7.52. The highest BCUT2D eigenvalue weighted by Gasteiger charge is 2.34. The molecule has 1 fully saturated rings. The Hall–Kier alpha value is -3.62. The minimum absolute atomic E-state index is 0.109. The molecule has 0 aliphatic carbocycles. The smallest absolute Gasteiger partial charge is 0.416 e. The Morgan fingerprint density at radius 1 is 0.886 bits per heavy atom. The summed E-state index contributed by atoms with van der Waals surface area (Å²) >= 11 is 0. The third-order valence-electron chi connectivity index (χ3n) is 4.94. The third kappa shape index (κ3) is 7.70. The molecule has 1 heterocycles. The van der Waals surface area contributed by atoms with Crippen molar-refractivity contribution in [2.24, 2.45) is 0 Å². The van der Waals surface area contributed by atoms with Gasteiger partial charge < -0.3 is 14.7 Å². The molecule has 0 spiro atoms. The van der Waals surface area contributed by atoms with Crippen LogP contribution in [0.3, 0.4) is 0 Å². The molecule has 3 rings (SSSR count). The van der Waals surface area contributed by atoms with Crippen LogP contribution in [-0.2, 0) is 12.4 Å². The van der Waals surface area contributed by atoms with E-state index in [1.54, 1.807) is 0 Å². The minimum Gasteiger partial charge on any atom is -0.502 e. The largest absolute Gasteiger partial charge is 0.502 e. The number of nitrogens with zero attached hydrogens (tertiary/aromatic N) is 3. The van der Waals surface area contributed by atoms with Crippen molar-refractivity contribution in [3.63, 3.8) is 0 Å². The number of phenols is 1. The van der Waals surface area contributed by atoms with E-state index in [1.807, 2.05) is 7.05 Å². The van der Waals surface area contributed by atoms with Gasteiger partial charge in [0.2, 0.25) is 0 Å². The number of alkyl halides is 6. The molecule has 9 nitrogen and oxygen atoms in total. The topological polar surface area (TPSA) is 119 Å². The number of hydrogen-bond donors (Lipinski definition) is 1. The van der Waals surface area contributed by atoms with Crippen molar-refractivity contribution in [2.75, 3.05) is 20.1 Å². The summed E-state index contributed by atoms with van der Waals surface area (Å²) in [4.78, 5) is 21.3. The fourth-order valence-corrected chi connectivity index (χ4v) is 3.06. The molecule has 0 amide bonds. The first-order chi connectivity index (χ1) is 16.1. The van der Waals surface area contributed by atoms with Gasteiger partial charge in [0, 0.05) is 25.2 Å². The lowest BCUT2D eigenvalue weighted by atomic mass is 10.1. The number of ether oxygens (including phenoxy) is 1. The maximum absolute atomic E-state index is 12.6. The van der Waals surface area contributed by atoms with Gasteiger partial charge in [-0.25, -0.2) is 0 Å². The van der Waals surface area contributed by atoms with E-state index in [1.165, 1.54) is 0 Å². The number of likely N-dealkylation sites (tertiary alicyclic amines) is 1. The molecule has 1 saturated heterocycles. The molecule has 2 aromatic rings. The van der Waals surface area contributed by atoms with Gasteiger partial charge in [0.1, 0.15) is 6.10 Å². The summed E-state index contributed by atoms with van der Waals surface area (Å²) in [7, 11) is 1.96. The molecule has 1 aliphatic rings. The molecule has 0 radical (unpaired) electrons. The average molecular weight is 511 g/mol. The van der Waals surface area contributed by atoms with E-state index in [0.29, 0.717) is 31.0 Å². The Bertz CT molecular complexity index is 1070.